The molecule has 0 aromatic rings. The summed E-state index contributed by atoms with van der Waals surface area (Å²) in [6.45, 7) is -0.571. The minimum absolute atomic E-state index is 0. The number of aliphatic carboxylic acids is 1. The number of rotatable bonds is 6. The van der Waals surface area contributed by atoms with E-state index in [-0.39, 0.29) is 37.2 Å². The van der Waals surface area contributed by atoms with E-state index in [0.29, 0.717) is 0 Å². The molecule has 0 spiro atoms. The van der Waals surface area contributed by atoms with Gasteiger partial charge in [-0.05, 0) is 0 Å². The number of hydrogen-bond acceptors (Lipinski definition) is 5. The zero-order valence-electron chi connectivity index (χ0n) is 7.02. The Morgan fingerprint density at radius 1 is 1.31 bits per heavy atom. The van der Waals surface area contributed by atoms with Gasteiger partial charge in [0.15, 0.2) is 0 Å². The van der Waals surface area contributed by atoms with Crippen LogP contribution in [0.25, 0.3) is 0 Å². The molecular weight excluding hydrogens is 184 g/mol. The predicted octanol–water partition coefficient (Wildman–Crippen LogP) is -4.15. The summed E-state index contributed by atoms with van der Waals surface area (Å²) in [6, 6.07) is 0. The third kappa shape index (κ3) is 9.18. The molecule has 7 nitrogen and oxygen atoms in total. The number of ether oxygens (including phenoxy) is 1. The molecule has 0 bridgehead atoms. The Balaban J connectivity index is -0.000000500. The number of aliphatic hydroxyl groups excluding tert-OH is 2. The average Bonchev–Trinajstić information content (AvgIpc) is 1.97. The zero-order valence-corrected chi connectivity index (χ0v) is 7.02. The average molecular weight is 199 g/mol. The molecule has 7 heteroatoms. The fourth-order valence-corrected chi connectivity index (χ4v) is 0.581. The lowest BCUT2D eigenvalue weighted by molar-refractivity contribution is -0.317. The molecule has 82 valence electrons. The van der Waals surface area contributed by atoms with Gasteiger partial charge in [0, 0.05) is 13.0 Å². The maximum absolute atomic E-state index is 10.2. The Labute approximate surface area is 75.2 Å². The summed E-state index contributed by atoms with van der Waals surface area (Å²) in [7, 11) is 0. The van der Waals surface area contributed by atoms with Crippen molar-refractivity contribution < 1.29 is 35.8 Å². The fraction of sp³-hybridized carbons (Fsp3) is 0.833. The van der Waals surface area contributed by atoms with Gasteiger partial charge in [-0.15, -0.1) is 0 Å². The first-order valence-corrected chi connectivity index (χ1v) is 3.26. The van der Waals surface area contributed by atoms with Crippen LogP contribution in [-0.4, -0.2) is 53.1 Å². The minimum Gasteiger partial charge on any atom is -0.547 e. The van der Waals surface area contributed by atoms with Crippen molar-refractivity contribution in [3.05, 3.63) is 0 Å². The monoisotopic (exact) mass is 199 g/mol. The van der Waals surface area contributed by atoms with Gasteiger partial charge in [-0.25, -0.2) is 0 Å². The molecule has 0 aromatic heterocycles. The Bertz CT molecular complexity index is 116. The van der Waals surface area contributed by atoms with Crippen molar-refractivity contribution in [2.45, 2.75) is 12.5 Å². The summed E-state index contributed by atoms with van der Waals surface area (Å²) in [4.78, 5) is 10.2. The van der Waals surface area contributed by atoms with Gasteiger partial charge < -0.3 is 35.8 Å². The van der Waals surface area contributed by atoms with Gasteiger partial charge in [0.2, 0.25) is 0 Å². The van der Waals surface area contributed by atoms with E-state index in [0.717, 1.165) is 0 Å². The van der Waals surface area contributed by atoms with Crippen molar-refractivity contribution in [3.8, 4) is 0 Å². The van der Waals surface area contributed by atoms with Gasteiger partial charge in [-0.3, -0.25) is 0 Å². The second-order valence-corrected chi connectivity index (χ2v) is 1.91. The second kappa shape index (κ2) is 11.3. The van der Waals surface area contributed by atoms with Gasteiger partial charge in [-0.2, -0.15) is 0 Å². The Morgan fingerprint density at radius 2 is 1.85 bits per heavy atom. The molecule has 0 radical (unpaired) electrons. The van der Waals surface area contributed by atoms with Crippen LogP contribution < -0.4 is 5.11 Å². The van der Waals surface area contributed by atoms with Crippen LogP contribution in [0.2, 0.25) is 0 Å². The summed E-state index contributed by atoms with van der Waals surface area (Å²) in [5.41, 5.74) is 0. The number of carbonyl (C=O) groups is 1. The highest BCUT2D eigenvalue weighted by molar-refractivity contribution is 5.69. The van der Waals surface area contributed by atoms with Crippen LogP contribution in [0.5, 0.6) is 0 Å². The summed E-state index contributed by atoms with van der Waals surface area (Å²) >= 11 is 0. The van der Waals surface area contributed by atoms with Crippen molar-refractivity contribution in [1.29, 1.82) is 0 Å². The molecule has 0 aliphatic rings. The number of carboxylic acids is 1. The largest absolute Gasteiger partial charge is 0.547 e. The quantitative estimate of drug-likeness (QED) is 0.444. The number of carbonyl (C=O) groups excluding carboxylic acids is 1. The van der Waals surface area contributed by atoms with Crippen molar-refractivity contribution in [2.24, 2.45) is 0 Å². The molecule has 1 unspecified atom stereocenters. The summed E-state index contributed by atoms with van der Waals surface area (Å²) in [5.74, 6) is -1.37. The first kappa shape index (κ1) is 18.1. The summed E-state index contributed by atoms with van der Waals surface area (Å²) < 4.78 is 4.62. The van der Waals surface area contributed by atoms with Crippen molar-refractivity contribution in [1.82, 2.24) is 0 Å². The van der Waals surface area contributed by atoms with E-state index in [1.165, 1.54) is 0 Å². The van der Waals surface area contributed by atoms with Crippen LogP contribution in [0.3, 0.4) is 0 Å². The lowest BCUT2D eigenvalue weighted by Gasteiger charge is -2.16. The molecule has 0 rings (SSSR count). The molecule has 0 fully saturated rings. The van der Waals surface area contributed by atoms with E-state index in [2.05, 4.69) is 4.74 Å². The molecule has 0 heterocycles. The Kier molecular flexibility index (Phi) is 15.7. The van der Waals surface area contributed by atoms with E-state index < -0.39 is 12.1 Å². The molecule has 0 aromatic carbocycles. The normalized spacial score (nSPS) is 10.9. The molecule has 0 aliphatic heterocycles. The predicted molar refractivity (Wildman–Crippen MR) is 40.8 cm³/mol. The zero-order chi connectivity index (χ0) is 8.69. The number of carboxylic acid groups (broad SMARTS) is 1. The van der Waals surface area contributed by atoms with E-state index in [4.69, 9.17) is 10.2 Å². The van der Waals surface area contributed by atoms with E-state index in [1.807, 2.05) is 0 Å². The van der Waals surface area contributed by atoms with Gasteiger partial charge >= 0.3 is 0 Å². The third-order valence-corrected chi connectivity index (χ3v) is 1.06. The molecule has 0 amide bonds. The molecule has 6 N–H and O–H groups in total. The lowest BCUT2D eigenvalue weighted by Crippen LogP contribution is -2.38. The maximum Gasteiger partial charge on any atom is 0.0991 e. The molecule has 0 saturated heterocycles. The van der Waals surface area contributed by atoms with E-state index in [1.54, 1.807) is 0 Å². The SMILES string of the molecule is O.O.O=C([O-])C(CCO)OCCO. The highest BCUT2D eigenvalue weighted by Crippen LogP contribution is 1.95. The van der Waals surface area contributed by atoms with Crippen LogP contribution in [0, 0.1) is 0 Å². The van der Waals surface area contributed by atoms with Gasteiger partial charge in [0.1, 0.15) is 0 Å². The third-order valence-electron chi connectivity index (χ3n) is 1.06. The van der Waals surface area contributed by atoms with Crippen LogP contribution in [0.4, 0.5) is 0 Å². The Morgan fingerprint density at radius 3 is 2.15 bits per heavy atom. The molecule has 13 heavy (non-hydrogen) atoms. The van der Waals surface area contributed by atoms with Crippen molar-refractivity contribution in [3.63, 3.8) is 0 Å². The summed E-state index contributed by atoms with van der Waals surface area (Å²) in [6.07, 6.45) is -1.13. The first-order chi connectivity index (χ1) is 5.22. The minimum atomic E-state index is -1.37. The highest BCUT2D eigenvalue weighted by Gasteiger charge is 2.08. The fourth-order valence-electron chi connectivity index (χ4n) is 0.581. The highest BCUT2D eigenvalue weighted by atomic mass is 16.5. The maximum atomic E-state index is 10.2. The van der Waals surface area contributed by atoms with Gasteiger partial charge in [-0.1, -0.05) is 0 Å². The molecule has 0 aliphatic carbocycles. The van der Waals surface area contributed by atoms with Gasteiger partial charge in [0.05, 0.1) is 25.3 Å². The van der Waals surface area contributed by atoms with E-state index >= 15 is 0 Å². The Hall–Kier alpha value is -0.730. The molecule has 0 saturated carbocycles. The van der Waals surface area contributed by atoms with Crippen LogP contribution in [0.1, 0.15) is 6.42 Å². The van der Waals surface area contributed by atoms with Crippen LogP contribution in [0.15, 0.2) is 0 Å². The first-order valence-electron chi connectivity index (χ1n) is 3.26. The summed E-state index contributed by atoms with van der Waals surface area (Å²) in [5, 5.41) is 26.8. The lowest BCUT2D eigenvalue weighted by atomic mass is 10.3. The van der Waals surface area contributed by atoms with E-state index in [9.17, 15) is 9.90 Å². The van der Waals surface area contributed by atoms with Gasteiger partial charge in [0.25, 0.3) is 0 Å². The standard InChI is InChI=1S/C6H12O5.2H2O/c7-2-1-5(6(9)10)11-4-3-8;;/h5,7-8H,1-4H2,(H,9,10);2*1H2/p-1. The van der Waals surface area contributed by atoms with Crippen LogP contribution >= 0.6 is 0 Å². The number of hydrogen-bond donors (Lipinski definition) is 2. The topological polar surface area (TPSA) is 153 Å². The van der Waals surface area contributed by atoms with Crippen molar-refractivity contribution in [2.75, 3.05) is 19.8 Å². The van der Waals surface area contributed by atoms with Crippen LogP contribution in [-0.2, 0) is 9.53 Å². The smallest absolute Gasteiger partial charge is 0.0991 e. The molecular formula is C6H15O7-. The second-order valence-electron chi connectivity index (χ2n) is 1.91. The van der Waals surface area contributed by atoms with Crippen molar-refractivity contribution >= 4 is 5.97 Å². The number of aliphatic hydroxyl groups is 2. The molecule has 1 atom stereocenters.